The summed E-state index contributed by atoms with van der Waals surface area (Å²) in [6, 6.07) is 23.3. The molecule has 0 atom stereocenters. The molecule has 0 aliphatic rings. The molecule has 0 unspecified atom stereocenters. The van der Waals surface area contributed by atoms with Gasteiger partial charge in [0.15, 0.2) is 0 Å². The smallest absolute Gasteiger partial charge is 0.319 e. The quantitative estimate of drug-likeness (QED) is 0.421. The maximum atomic E-state index is 12.3. The summed E-state index contributed by atoms with van der Waals surface area (Å²) in [5, 5.41) is 5.77. The minimum atomic E-state index is -0.243. The lowest BCUT2D eigenvalue weighted by atomic mass is 10.1. The van der Waals surface area contributed by atoms with Crippen LogP contribution in [0.25, 0.3) is 11.0 Å². The molecule has 0 aliphatic carbocycles. The van der Waals surface area contributed by atoms with E-state index in [2.05, 4.69) is 26.7 Å². The molecule has 4 rings (SSSR count). The summed E-state index contributed by atoms with van der Waals surface area (Å²) >= 11 is 0. The zero-order valence-electron chi connectivity index (χ0n) is 16.8. The standard InChI is InChI=1S/C24H24N4O2/c1-30-20-9-5-7-18(15-20)16-25-24(29)26-19-8-4-6-17(14-19)12-13-23-27-21-10-2-3-11-22(21)28-23/h2-11,14-15H,12-13,16H2,1H3,(H,27,28)(H2,25,26,29). The average molecular weight is 400 g/mol. The third kappa shape index (κ3) is 4.97. The van der Waals surface area contributed by atoms with E-state index in [4.69, 9.17) is 4.74 Å². The van der Waals surface area contributed by atoms with Crippen molar-refractivity contribution in [1.29, 1.82) is 0 Å². The van der Waals surface area contributed by atoms with Crippen molar-refractivity contribution >= 4 is 22.8 Å². The second-order valence-corrected chi connectivity index (χ2v) is 7.06. The molecule has 6 heteroatoms. The molecule has 3 aromatic carbocycles. The molecule has 0 saturated carbocycles. The highest BCUT2D eigenvalue weighted by Crippen LogP contribution is 2.16. The second-order valence-electron chi connectivity index (χ2n) is 7.06. The van der Waals surface area contributed by atoms with Gasteiger partial charge in [0.2, 0.25) is 0 Å². The zero-order valence-corrected chi connectivity index (χ0v) is 16.8. The Morgan fingerprint density at radius 3 is 2.67 bits per heavy atom. The van der Waals surface area contributed by atoms with Crippen LogP contribution in [0.3, 0.4) is 0 Å². The van der Waals surface area contributed by atoms with Crippen LogP contribution in [-0.4, -0.2) is 23.1 Å². The summed E-state index contributed by atoms with van der Waals surface area (Å²) < 4.78 is 5.21. The summed E-state index contributed by atoms with van der Waals surface area (Å²) in [7, 11) is 1.63. The van der Waals surface area contributed by atoms with E-state index in [0.29, 0.717) is 6.54 Å². The number of hydrogen-bond donors (Lipinski definition) is 3. The number of benzene rings is 3. The Bertz CT molecular complexity index is 1120. The molecule has 0 fully saturated rings. The fourth-order valence-electron chi connectivity index (χ4n) is 3.33. The predicted molar refractivity (Wildman–Crippen MR) is 119 cm³/mol. The fourth-order valence-corrected chi connectivity index (χ4v) is 3.33. The lowest BCUT2D eigenvalue weighted by molar-refractivity contribution is 0.251. The van der Waals surface area contributed by atoms with Gasteiger partial charge >= 0.3 is 6.03 Å². The minimum absolute atomic E-state index is 0.243. The lowest BCUT2D eigenvalue weighted by Crippen LogP contribution is -2.28. The number of aromatic amines is 1. The van der Waals surface area contributed by atoms with Crippen LogP contribution in [0.1, 0.15) is 17.0 Å². The van der Waals surface area contributed by atoms with Crippen molar-refractivity contribution in [1.82, 2.24) is 15.3 Å². The van der Waals surface area contributed by atoms with Crippen LogP contribution in [0.2, 0.25) is 0 Å². The van der Waals surface area contributed by atoms with Gasteiger partial charge in [0, 0.05) is 18.7 Å². The number of anilines is 1. The number of nitrogens with zero attached hydrogens (tertiary/aromatic N) is 1. The van der Waals surface area contributed by atoms with Crippen molar-refractivity contribution in [2.75, 3.05) is 12.4 Å². The third-order valence-electron chi connectivity index (χ3n) is 4.86. The molecule has 2 amide bonds. The number of rotatable bonds is 7. The number of amides is 2. The number of nitrogens with one attached hydrogen (secondary N) is 3. The van der Waals surface area contributed by atoms with Gasteiger partial charge in [-0.3, -0.25) is 0 Å². The van der Waals surface area contributed by atoms with Crippen molar-refractivity contribution in [2.45, 2.75) is 19.4 Å². The number of H-pyrrole nitrogens is 1. The van der Waals surface area contributed by atoms with Crippen LogP contribution in [0.4, 0.5) is 10.5 Å². The highest BCUT2D eigenvalue weighted by atomic mass is 16.5. The molecular formula is C24H24N4O2. The highest BCUT2D eigenvalue weighted by Gasteiger charge is 2.06. The maximum absolute atomic E-state index is 12.3. The first-order chi connectivity index (χ1) is 14.7. The van der Waals surface area contributed by atoms with Gasteiger partial charge in [0.25, 0.3) is 0 Å². The van der Waals surface area contributed by atoms with Crippen molar-refractivity contribution in [3.63, 3.8) is 0 Å². The molecule has 0 aliphatic heterocycles. The van der Waals surface area contributed by atoms with Gasteiger partial charge in [0.1, 0.15) is 11.6 Å². The molecule has 3 N–H and O–H groups in total. The van der Waals surface area contributed by atoms with Crippen LogP contribution in [-0.2, 0) is 19.4 Å². The Labute approximate surface area is 175 Å². The minimum Gasteiger partial charge on any atom is -0.497 e. The SMILES string of the molecule is COc1cccc(CNC(=O)Nc2cccc(CCc3nc4ccccc4[nH]3)c2)c1. The number of carbonyl (C=O) groups excluding carboxylic acids is 1. The summed E-state index contributed by atoms with van der Waals surface area (Å²) in [5.41, 5.74) is 4.91. The number of hydrogen-bond acceptors (Lipinski definition) is 3. The number of aromatic nitrogens is 2. The number of methoxy groups -OCH3 is 1. The Kier molecular flexibility index (Phi) is 5.94. The number of fused-ring (bicyclic) bond motifs is 1. The summed E-state index contributed by atoms with van der Waals surface area (Å²) in [6.45, 7) is 0.425. The van der Waals surface area contributed by atoms with Gasteiger partial charge in [-0.1, -0.05) is 36.4 Å². The van der Waals surface area contributed by atoms with Crippen molar-refractivity contribution in [2.24, 2.45) is 0 Å². The molecule has 1 aromatic heterocycles. The molecule has 6 nitrogen and oxygen atoms in total. The molecular weight excluding hydrogens is 376 g/mol. The van der Waals surface area contributed by atoms with Crippen molar-refractivity contribution < 1.29 is 9.53 Å². The van der Waals surface area contributed by atoms with E-state index in [1.165, 1.54) is 0 Å². The number of aryl methyl sites for hydroxylation is 2. The van der Waals surface area contributed by atoms with Gasteiger partial charge < -0.3 is 20.4 Å². The van der Waals surface area contributed by atoms with Crippen molar-refractivity contribution in [3.05, 3.63) is 89.7 Å². The topological polar surface area (TPSA) is 79.0 Å². The molecule has 1 heterocycles. The van der Waals surface area contributed by atoms with E-state index in [1.54, 1.807) is 7.11 Å². The first-order valence-electron chi connectivity index (χ1n) is 9.90. The molecule has 0 saturated heterocycles. The van der Waals surface area contributed by atoms with E-state index in [0.717, 1.165) is 52.3 Å². The molecule has 152 valence electrons. The Morgan fingerprint density at radius 2 is 1.80 bits per heavy atom. The monoisotopic (exact) mass is 400 g/mol. The predicted octanol–water partition coefficient (Wildman–Crippen LogP) is 4.68. The first-order valence-corrected chi connectivity index (χ1v) is 9.90. The third-order valence-corrected chi connectivity index (χ3v) is 4.86. The van der Waals surface area contributed by atoms with Gasteiger partial charge in [-0.15, -0.1) is 0 Å². The zero-order chi connectivity index (χ0) is 20.8. The Balaban J connectivity index is 1.31. The van der Waals surface area contributed by atoms with Crippen LogP contribution < -0.4 is 15.4 Å². The van der Waals surface area contributed by atoms with Crippen LogP contribution in [0.5, 0.6) is 5.75 Å². The van der Waals surface area contributed by atoms with E-state index in [-0.39, 0.29) is 6.03 Å². The molecule has 0 spiro atoms. The molecule has 0 bridgehead atoms. The number of urea groups is 1. The summed E-state index contributed by atoms with van der Waals surface area (Å²) in [4.78, 5) is 20.2. The van der Waals surface area contributed by atoms with E-state index < -0.39 is 0 Å². The Morgan fingerprint density at radius 1 is 0.967 bits per heavy atom. The van der Waals surface area contributed by atoms with E-state index in [9.17, 15) is 4.79 Å². The maximum Gasteiger partial charge on any atom is 0.319 e. The number of ether oxygens (including phenoxy) is 1. The number of para-hydroxylation sites is 2. The van der Waals surface area contributed by atoms with Crippen LogP contribution in [0, 0.1) is 0 Å². The summed E-state index contributed by atoms with van der Waals surface area (Å²) in [6.07, 6.45) is 1.64. The van der Waals surface area contributed by atoms with Crippen LogP contribution in [0.15, 0.2) is 72.8 Å². The lowest BCUT2D eigenvalue weighted by Gasteiger charge is -2.10. The second kappa shape index (κ2) is 9.13. The first kappa shape index (κ1) is 19.5. The number of carbonyl (C=O) groups is 1. The van der Waals surface area contributed by atoms with Gasteiger partial charge in [-0.05, 0) is 53.9 Å². The highest BCUT2D eigenvalue weighted by molar-refractivity contribution is 5.89. The molecule has 4 aromatic rings. The molecule has 30 heavy (non-hydrogen) atoms. The van der Waals surface area contributed by atoms with Gasteiger partial charge in [-0.2, -0.15) is 0 Å². The Hall–Kier alpha value is -3.80. The normalized spacial score (nSPS) is 10.7. The average Bonchev–Trinajstić information content (AvgIpc) is 3.20. The van der Waals surface area contributed by atoms with Gasteiger partial charge in [0.05, 0.1) is 18.1 Å². The van der Waals surface area contributed by atoms with Crippen LogP contribution >= 0.6 is 0 Å². The molecule has 0 radical (unpaired) electrons. The summed E-state index contributed by atoms with van der Waals surface area (Å²) in [5.74, 6) is 1.73. The number of imidazole rings is 1. The fraction of sp³-hybridized carbons (Fsp3) is 0.167. The van der Waals surface area contributed by atoms with E-state index >= 15 is 0 Å². The largest absolute Gasteiger partial charge is 0.497 e. The van der Waals surface area contributed by atoms with Gasteiger partial charge in [-0.25, -0.2) is 9.78 Å². The van der Waals surface area contributed by atoms with Crippen molar-refractivity contribution in [3.8, 4) is 5.75 Å². The van der Waals surface area contributed by atoms with E-state index in [1.807, 2.05) is 66.7 Å².